The summed E-state index contributed by atoms with van der Waals surface area (Å²) in [5.41, 5.74) is 3.65. The Labute approximate surface area is 211 Å². The van der Waals surface area contributed by atoms with Crippen molar-refractivity contribution >= 4 is 21.5 Å². The number of benzene rings is 4. The molecule has 0 unspecified atom stereocenters. The summed E-state index contributed by atoms with van der Waals surface area (Å²) in [6.45, 7) is 0. The van der Waals surface area contributed by atoms with Gasteiger partial charge in [-0.25, -0.2) is 0 Å². The second-order valence-electron chi connectivity index (χ2n) is 7.45. The first kappa shape index (κ1) is 23.4. The summed E-state index contributed by atoms with van der Waals surface area (Å²) in [7, 11) is 0. The molecule has 34 heavy (non-hydrogen) atoms. The Bertz CT molecular complexity index is 1460. The fourth-order valence-electron chi connectivity index (χ4n) is 3.78. The predicted molar refractivity (Wildman–Crippen MR) is 132 cm³/mol. The van der Waals surface area contributed by atoms with Crippen molar-refractivity contribution in [3.05, 3.63) is 133 Å². The van der Waals surface area contributed by atoms with Gasteiger partial charge in [-0.1, -0.05) is 48.5 Å². The number of halogens is 1. The van der Waals surface area contributed by atoms with Gasteiger partial charge in [0, 0.05) is 38.3 Å². The first-order valence-corrected chi connectivity index (χ1v) is 10.6. The van der Waals surface area contributed by atoms with E-state index in [1.807, 2.05) is 60.7 Å². The van der Waals surface area contributed by atoms with Gasteiger partial charge >= 0.3 is 0 Å². The maximum absolute atomic E-state index is 13.1. The number of hydrogen-bond acceptors (Lipinski definition) is 2. The van der Waals surface area contributed by atoms with Crippen LogP contribution in [0.3, 0.4) is 0 Å². The van der Waals surface area contributed by atoms with Gasteiger partial charge in [-0.3, -0.25) is 4.39 Å². The minimum absolute atomic E-state index is 0. The molecule has 0 N–H and O–H groups in total. The van der Waals surface area contributed by atoms with E-state index < -0.39 is 0 Å². The Kier molecular flexibility index (Phi) is 7.54. The molecule has 0 atom stereocenters. The van der Waals surface area contributed by atoms with Crippen LogP contribution in [0.2, 0.25) is 0 Å². The first-order valence-electron chi connectivity index (χ1n) is 10.6. The van der Waals surface area contributed by atoms with E-state index in [-0.39, 0.29) is 25.9 Å². The van der Waals surface area contributed by atoms with Crippen molar-refractivity contribution in [2.75, 3.05) is 0 Å². The van der Waals surface area contributed by atoms with Crippen LogP contribution in [-0.4, -0.2) is 9.97 Å². The zero-order valence-electron chi connectivity index (χ0n) is 18.1. The molecule has 4 heteroatoms. The van der Waals surface area contributed by atoms with Crippen LogP contribution in [0.5, 0.6) is 0 Å². The minimum atomic E-state index is -0.288. The minimum Gasteiger partial charge on any atom is -0.305 e. The molecule has 2 heterocycles. The van der Waals surface area contributed by atoms with Crippen molar-refractivity contribution in [1.82, 2.24) is 9.97 Å². The van der Waals surface area contributed by atoms with E-state index in [2.05, 4.69) is 46.4 Å². The molecule has 0 fully saturated rings. The summed E-state index contributed by atoms with van der Waals surface area (Å²) in [4.78, 5) is 8.68. The van der Waals surface area contributed by atoms with Crippen molar-refractivity contribution in [1.29, 1.82) is 0 Å². The second-order valence-corrected chi connectivity index (χ2v) is 7.45. The molecule has 0 aliphatic rings. The predicted octanol–water partition coefficient (Wildman–Crippen LogP) is 7.54. The topological polar surface area (TPSA) is 25.8 Å². The normalized spacial score (nSPS) is 10.3. The summed E-state index contributed by atoms with van der Waals surface area (Å²) in [5.74, 6) is -0.288. The number of rotatable bonds is 2. The molecule has 0 saturated heterocycles. The van der Waals surface area contributed by atoms with Gasteiger partial charge in [-0.2, -0.15) is 0 Å². The average Bonchev–Trinajstić information content (AvgIpc) is 2.90. The Morgan fingerprint density at radius 2 is 1.44 bits per heavy atom. The smallest absolute Gasteiger partial charge is 0.0379 e. The van der Waals surface area contributed by atoms with Crippen LogP contribution in [0.1, 0.15) is 0 Å². The molecule has 0 aliphatic heterocycles. The molecular formula is C30H19FIrN2-2. The molecule has 0 bridgehead atoms. The van der Waals surface area contributed by atoms with Crippen LogP contribution in [0.25, 0.3) is 44.1 Å². The number of aromatic nitrogens is 2. The first-order chi connectivity index (χ1) is 16.3. The van der Waals surface area contributed by atoms with Gasteiger partial charge < -0.3 is 9.97 Å². The second kappa shape index (κ2) is 10.9. The molecule has 0 amide bonds. The van der Waals surface area contributed by atoms with Gasteiger partial charge in [-0.05, 0) is 45.1 Å². The zero-order valence-corrected chi connectivity index (χ0v) is 20.5. The number of pyridine rings is 2. The molecule has 0 saturated carbocycles. The monoisotopic (exact) mass is 619 g/mol. The Morgan fingerprint density at radius 3 is 2.21 bits per heavy atom. The van der Waals surface area contributed by atoms with E-state index in [0.29, 0.717) is 0 Å². The third-order valence-electron chi connectivity index (χ3n) is 5.35. The van der Waals surface area contributed by atoms with Crippen LogP contribution < -0.4 is 0 Å². The molecule has 0 aliphatic carbocycles. The third-order valence-corrected chi connectivity index (χ3v) is 5.35. The molecule has 4 aromatic carbocycles. The van der Waals surface area contributed by atoms with Crippen molar-refractivity contribution in [3.8, 4) is 22.5 Å². The van der Waals surface area contributed by atoms with E-state index in [1.165, 1.54) is 22.9 Å². The standard InChI is InChI=1S/C19H11FN.C11H8N.Ir/c20-15-8-5-14(6-9-15)19-18-10-7-13-3-1-2-4-16(13)17(18)11-12-21-19;1-2-6-10(7-3-1)11-8-4-5-9-12-11;/h1-5,7-12H;1-6,8-9H;/q2*-1;. The van der Waals surface area contributed by atoms with Gasteiger partial charge in [0.15, 0.2) is 0 Å². The number of hydrogen-bond donors (Lipinski definition) is 0. The number of fused-ring (bicyclic) bond motifs is 3. The average molecular weight is 619 g/mol. The van der Waals surface area contributed by atoms with Crippen LogP contribution >= 0.6 is 0 Å². The van der Waals surface area contributed by atoms with Gasteiger partial charge in [-0.15, -0.1) is 65.7 Å². The van der Waals surface area contributed by atoms with Gasteiger partial charge in [0.1, 0.15) is 0 Å². The molecule has 167 valence electrons. The fraction of sp³-hybridized carbons (Fsp3) is 0. The maximum atomic E-state index is 13.1. The summed E-state index contributed by atoms with van der Waals surface area (Å²) in [5, 5.41) is 4.60. The van der Waals surface area contributed by atoms with Crippen molar-refractivity contribution in [3.63, 3.8) is 0 Å². The van der Waals surface area contributed by atoms with Crippen molar-refractivity contribution in [2.45, 2.75) is 0 Å². The van der Waals surface area contributed by atoms with Crippen molar-refractivity contribution in [2.24, 2.45) is 0 Å². The number of nitrogens with zero attached hydrogens (tertiary/aromatic N) is 2. The molecule has 0 spiro atoms. The Hall–Kier alpha value is -3.72. The van der Waals surface area contributed by atoms with Crippen molar-refractivity contribution < 1.29 is 24.5 Å². The largest absolute Gasteiger partial charge is 0.305 e. The van der Waals surface area contributed by atoms with Crippen LogP contribution in [0, 0.1) is 17.9 Å². The molecule has 6 rings (SSSR count). The molecule has 6 aromatic rings. The fourth-order valence-corrected chi connectivity index (χ4v) is 3.78. The molecule has 2 aromatic heterocycles. The van der Waals surface area contributed by atoms with Gasteiger partial charge in [0.2, 0.25) is 0 Å². The van der Waals surface area contributed by atoms with E-state index in [9.17, 15) is 4.39 Å². The van der Waals surface area contributed by atoms with Crippen LogP contribution in [0.4, 0.5) is 4.39 Å². The molecule has 2 nitrogen and oxygen atoms in total. The summed E-state index contributed by atoms with van der Waals surface area (Å²) in [6, 6.07) is 38.7. The van der Waals surface area contributed by atoms with Gasteiger partial charge in [0.25, 0.3) is 0 Å². The van der Waals surface area contributed by atoms with E-state index >= 15 is 0 Å². The maximum Gasteiger partial charge on any atom is 0.0379 e. The zero-order chi connectivity index (χ0) is 22.5. The van der Waals surface area contributed by atoms with E-state index in [1.54, 1.807) is 18.5 Å². The van der Waals surface area contributed by atoms with Gasteiger partial charge in [0.05, 0.1) is 0 Å². The Balaban J connectivity index is 0.000000180. The Morgan fingerprint density at radius 1 is 0.588 bits per heavy atom. The molecular weight excluding hydrogens is 600 g/mol. The van der Waals surface area contributed by atoms with Crippen LogP contribution in [0.15, 0.2) is 116 Å². The third kappa shape index (κ3) is 5.09. The molecule has 1 radical (unpaired) electrons. The quantitative estimate of drug-likeness (QED) is 0.148. The summed E-state index contributed by atoms with van der Waals surface area (Å²) in [6.07, 6.45) is 3.58. The van der Waals surface area contributed by atoms with E-state index in [0.717, 1.165) is 33.3 Å². The van der Waals surface area contributed by atoms with Crippen LogP contribution in [-0.2, 0) is 20.1 Å². The van der Waals surface area contributed by atoms with E-state index in [4.69, 9.17) is 0 Å². The summed E-state index contributed by atoms with van der Waals surface area (Å²) < 4.78 is 13.1. The SMILES string of the molecule is Fc1c[c-]c(-c2nccc3c2ccc2ccccc23)cc1.[Ir].[c-]1ccccc1-c1ccccn1. The summed E-state index contributed by atoms with van der Waals surface area (Å²) >= 11 is 0.